The highest BCUT2D eigenvalue weighted by Crippen LogP contribution is 2.27. The van der Waals surface area contributed by atoms with Gasteiger partial charge in [-0.1, -0.05) is 12.1 Å². The number of pyridine rings is 1. The number of aryl methyl sites for hydroxylation is 1. The van der Waals surface area contributed by atoms with E-state index < -0.39 is 5.63 Å². The third-order valence-electron chi connectivity index (χ3n) is 3.65. The predicted molar refractivity (Wildman–Crippen MR) is 92.3 cm³/mol. The van der Waals surface area contributed by atoms with Crippen LogP contribution in [0.3, 0.4) is 0 Å². The number of benzene rings is 1. The Kier molecular flexibility index (Phi) is 4.57. The van der Waals surface area contributed by atoms with Gasteiger partial charge in [-0.25, -0.2) is 14.8 Å². The summed E-state index contributed by atoms with van der Waals surface area (Å²) < 4.78 is 11.2. The van der Waals surface area contributed by atoms with Gasteiger partial charge in [0.15, 0.2) is 0 Å². The number of aromatic nitrogens is 2. The van der Waals surface area contributed by atoms with Crippen LogP contribution in [0.2, 0.25) is 0 Å². The standard InChI is InChI=1S/C18H19N3O3/c1-12-6-4-8-14-15(12)18(22)24-17(20-14)13-7-5-9-19-16(13)23-11-10-21(2)3/h4-9H,10-11H2,1-3H3. The van der Waals surface area contributed by atoms with Crippen molar-refractivity contribution in [2.45, 2.75) is 6.92 Å². The summed E-state index contributed by atoms with van der Waals surface area (Å²) in [4.78, 5) is 23.1. The molecule has 1 aromatic carbocycles. The maximum Gasteiger partial charge on any atom is 0.347 e. The van der Waals surface area contributed by atoms with E-state index in [0.29, 0.717) is 29.0 Å². The molecule has 0 spiro atoms. The Morgan fingerprint density at radius 1 is 1.21 bits per heavy atom. The molecular weight excluding hydrogens is 306 g/mol. The lowest BCUT2D eigenvalue weighted by Gasteiger charge is -2.12. The van der Waals surface area contributed by atoms with Crippen molar-refractivity contribution in [2.24, 2.45) is 0 Å². The summed E-state index contributed by atoms with van der Waals surface area (Å²) in [5.41, 5.74) is 1.60. The molecule has 6 nitrogen and oxygen atoms in total. The largest absolute Gasteiger partial charge is 0.476 e. The average Bonchev–Trinajstić information content (AvgIpc) is 2.54. The van der Waals surface area contributed by atoms with Crippen molar-refractivity contribution >= 4 is 10.9 Å². The summed E-state index contributed by atoms with van der Waals surface area (Å²) in [5.74, 6) is 0.619. The lowest BCUT2D eigenvalue weighted by Crippen LogP contribution is -2.20. The maximum atomic E-state index is 12.3. The fourth-order valence-electron chi connectivity index (χ4n) is 2.39. The molecule has 0 aliphatic rings. The van der Waals surface area contributed by atoms with E-state index in [0.717, 1.165) is 12.1 Å². The minimum atomic E-state index is -0.406. The van der Waals surface area contributed by atoms with E-state index in [1.807, 2.05) is 38.1 Å². The van der Waals surface area contributed by atoms with Gasteiger partial charge >= 0.3 is 5.63 Å². The molecular formula is C18H19N3O3. The Morgan fingerprint density at radius 2 is 2.04 bits per heavy atom. The number of hydrogen-bond donors (Lipinski definition) is 0. The highest BCUT2D eigenvalue weighted by molar-refractivity contribution is 5.82. The van der Waals surface area contributed by atoms with Gasteiger partial charge in [-0.3, -0.25) is 0 Å². The molecule has 0 aliphatic heterocycles. The molecule has 2 aromatic heterocycles. The van der Waals surface area contributed by atoms with Gasteiger partial charge in [-0.15, -0.1) is 0 Å². The van der Waals surface area contributed by atoms with Crippen molar-refractivity contribution in [1.82, 2.24) is 14.9 Å². The first-order valence-electron chi connectivity index (χ1n) is 7.69. The number of rotatable bonds is 5. The molecule has 0 amide bonds. The van der Waals surface area contributed by atoms with Crippen LogP contribution in [0.4, 0.5) is 0 Å². The minimum Gasteiger partial charge on any atom is -0.476 e. The van der Waals surface area contributed by atoms with Gasteiger partial charge in [-0.05, 0) is 44.8 Å². The quantitative estimate of drug-likeness (QED) is 0.718. The topological polar surface area (TPSA) is 68.5 Å². The molecule has 3 aromatic rings. The third kappa shape index (κ3) is 3.28. The minimum absolute atomic E-state index is 0.214. The van der Waals surface area contributed by atoms with E-state index in [1.165, 1.54) is 0 Å². The van der Waals surface area contributed by atoms with E-state index >= 15 is 0 Å². The summed E-state index contributed by atoms with van der Waals surface area (Å²) in [7, 11) is 3.93. The van der Waals surface area contributed by atoms with Gasteiger partial charge in [0, 0.05) is 12.7 Å². The van der Waals surface area contributed by atoms with E-state index in [1.54, 1.807) is 24.4 Å². The number of hydrogen-bond acceptors (Lipinski definition) is 6. The zero-order chi connectivity index (χ0) is 17.1. The van der Waals surface area contributed by atoms with Crippen molar-refractivity contribution in [1.29, 1.82) is 0 Å². The molecule has 0 bridgehead atoms. The van der Waals surface area contributed by atoms with Gasteiger partial charge in [0.25, 0.3) is 0 Å². The number of ether oxygens (including phenoxy) is 1. The average molecular weight is 325 g/mol. The Bertz CT molecular complexity index is 919. The molecule has 0 saturated heterocycles. The van der Waals surface area contributed by atoms with Crippen LogP contribution in [0.1, 0.15) is 5.56 Å². The van der Waals surface area contributed by atoms with Crippen LogP contribution < -0.4 is 10.4 Å². The Morgan fingerprint density at radius 3 is 2.83 bits per heavy atom. The molecule has 0 unspecified atom stereocenters. The Labute approximate surface area is 139 Å². The first-order valence-corrected chi connectivity index (χ1v) is 7.69. The fourth-order valence-corrected chi connectivity index (χ4v) is 2.39. The molecule has 0 radical (unpaired) electrons. The van der Waals surface area contributed by atoms with Crippen molar-refractivity contribution < 1.29 is 9.15 Å². The van der Waals surface area contributed by atoms with Crippen LogP contribution >= 0.6 is 0 Å². The van der Waals surface area contributed by atoms with E-state index in [9.17, 15) is 4.79 Å². The summed E-state index contributed by atoms with van der Waals surface area (Å²) in [6, 6.07) is 9.07. The highest BCUT2D eigenvalue weighted by Gasteiger charge is 2.15. The first-order chi connectivity index (χ1) is 11.6. The molecule has 0 saturated carbocycles. The number of nitrogens with zero attached hydrogens (tertiary/aromatic N) is 3. The van der Waals surface area contributed by atoms with Gasteiger partial charge < -0.3 is 14.1 Å². The smallest absolute Gasteiger partial charge is 0.347 e. The van der Waals surface area contributed by atoms with Crippen LogP contribution in [0.25, 0.3) is 22.4 Å². The second-order valence-electron chi connectivity index (χ2n) is 5.78. The monoisotopic (exact) mass is 325 g/mol. The van der Waals surface area contributed by atoms with Crippen LogP contribution in [0.5, 0.6) is 5.88 Å². The lowest BCUT2D eigenvalue weighted by molar-refractivity contribution is 0.254. The zero-order valence-corrected chi connectivity index (χ0v) is 13.9. The van der Waals surface area contributed by atoms with Crippen molar-refractivity contribution in [3.8, 4) is 17.3 Å². The molecule has 0 aliphatic carbocycles. The number of fused-ring (bicyclic) bond motifs is 1. The molecule has 3 rings (SSSR count). The van der Waals surface area contributed by atoms with Gasteiger partial charge in [0.1, 0.15) is 6.61 Å². The first kappa shape index (κ1) is 16.1. The van der Waals surface area contributed by atoms with Crippen LogP contribution in [0.15, 0.2) is 45.7 Å². The maximum absolute atomic E-state index is 12.3. The molecule has 0 fully saturated rings. The highest BCUT2D eigenvalue weighted by atomic mass is 16.5. The third-order valence-corrected chi connectivity index (χ3v) is 3.65. The summed E-state index contributed by atoms with van der Waals surface area (Å²) >= 11 is 0. The Hall–Kier alpha value is -2.73. The molecule has 6 heteroatoms. The van der Waals surface area contributed by atoms with E-state index in [-0.39, 0.29) is 5.89 Å². The molecule has 24 heavy (non-hydrogen) atoms. The van der Waals surface area contributed by atoms with Gasteiger partial charge in [0.2, 0.25) is 11.8 Å². The van der Waals surface area contributed by atoms with E-state index in [2.05, 4.69) is 9.97 Å². The van der Waals surface area contributed by atoms with Gasteiger partial charge in [0.05, 0.1) is 16.5 Å². The zero-order valence-electron chi connectivity index (χ0n) is 13.9. The Balaban J connectivity index is 2.03. The van der Waals surface area contributed by atoms with Crippen LogP contribution in [0, 0.1) is 6.92 Å². The normalized spacial score (nSPS) is 11.2. The van der Waals surface area contributed by atoms with Crippen LogP contribution in [-0.4, -0.2) is 42.1 Å². The molecule has 0 atom stereocenters. The number of likely N-dealkylation sites (N-methyl/N-ethyl adjacent to an activating group) is 1. The van der Waals surface area contributed by atoms with Gasteiger partial charge in [-0.2, -0.15) is 0 Å². The molecule has 2 heterocycles. The molecule has 0 N–H and O–H groups in total. The second kappa shape index (κ2) is 6.80. The summed E-state index contributed by atoms with van der Waals surface area (Å²) in [6.45, 7) is 3.10. The second-order valence-corrected chi connectivity index (χ2v) is 5.78. The SMILES string of the molecule is Cc1cccc2nc(-c3cccnc3OCCN(C)C)oc(=O)c12. The summed E-state index contributed by atoms with van der Waals surface area (Å²) in [5, 5.41) is 0.500. The van der Waals surface area contributed by atoms with Crippen molar-refractivity contribution in [3.05, 3.63) is 52.5 Å². The lowest BCUT2D eigenvalue weighted by atomic mass is 10.1. The summed E-state index contributed by atoms with van der Waals surface area (Å²) in [6.07, 6.45) is 1.64. The predicted octanol–water partition coefficient (Wildman–Crippen LogP) is 2.50. The van der Waals surface area contributed by atoms with Crippen molar-refractivity contribution in [3.63, 3.8) is 0 Å². The fraction of sp³-hybridized carbons (Fsp3) is 0.278. The van der Waals surface area contributed by atoms with E-state index in [4.69, 9.17) is 9.15 Å². The van der Waals surface area contributed by atoms with Crippen LogP contribution in [-0.2, 0) is 0 Å². The van der Waals surface area contributed by atoms with Crippen molar-refractivity contribution in [2.75, 3.05) is 27.2 Å². The molecule has 124 valence electrons.